The molecule has 5 N–H and O–H groups in total. The van der Waals surface area contributed by atoms with Crippen LogP contribution >= 0.6 is 47.8 Å². The standard InChI is InChI=1S/C18H18BrNO3.C18H19NO3.C18H18O3.C9H9BrO2.C8H7BrO2/c1-10-8-13(20)17(19)16(18(21)22-2)15(10)12-5-6-14-11(9-12)4-3-7-23-14;1-11-8-14(19)10-15(18(20)21-2)17(11)13-5-6-16-12(9-13)4-3-7-22-16;1-12-5-3-7-15(18(19)20-2)17(12)14-8-9-16-13(11-14)6-4-10-21-16;1-6-4-3-5-7(8(6)10)9(11)12-2;1-5-3-2-4-6(7(5)9)8(10)11/h5-6,8-9H,3-4,7,20H2,1-2H3;5-6,8-10H,3-4,7,19H2,1-2H3;3,5,7-9,11H,4,6,10H2,1-2H3;3-5H,1-2H3;2-4H,1H3,(H,10,11). The highest BCUT2D eigenvalue weighted by atomic mass is 79.9. The number of fused-ring (bicyclic) bond motifs is 3. The summed E-state index contributed by atoms with van der Waals surface area (Å²) in [6.07, 6.45) is 6.04. The minimum Gasteiger partial charge on any atom is -0.493 e. The molecule has 0 aromatic heterocycles. The molecule has 0 radical (unpaired) electrons. The first-order valence-corrected chi connectivity index (χ1v) is 30.9. The fourth-order valence-electron chi connectivity index (χ4n) is 10.6. The van der Waals surface area contributed by atoms with Crippen molar-refractivity contribution in [1.82, 2.24) is 0 Å². The molecule has 3 heterocycles. The maximum atomic E-state index is 12.3. The normalized spacial score (nSPS) is 12.3. The SMILES string of the molecule is COC(=O)c1c(Br)c(N)cc(C)c1-c1ccc2c(c1)CCCO2.COC(=O)c1cc(N)cc(C)c1-c1ccc2c(c1)CCCO2.COC(=O)c1cccc(C)c1-c1ccc2c(c1)CCCO2.COC(=O)c1cccc(C)c1Br.Cc1cccc(C(=O)O)c1Br. The molecule has 0 spiro atoms. The van der Waals surface area contributed by atoms with Gasteiger partial charge in [0.25, 0.3) is 0 Å². The lowest BCUT2D eigenvalue weighted by molar-refractivity contribution is 0.0591. The van der Waals surface area contributed by atoms with Crippen LogP contribution in [0.3, 0.4) is 0 Å². The van der Waals surface area contributed by atoms with Gasteiger partial charge in [-0.25, -0.2) is 24.0 Å². The average molecular weight is 1400 g/mol. The lowest BCUT2D eigenvalue weighted by Crippen LogP contribution is -2.10. The van der Waals surface area contributed by atoms with Crippen LogP contribution in [0.5, 0.6) is 17.2 Å². The minimum absolute atomic E-state index is 0.303. The van der Waals surface area contributed by atoms with Gasteiger partial charge in [-0.05, 0) is 266 Å². The fourth-order valence-corrected chi connectivity index (χ4v) is 11.9. The second-order valence-corrected chi connectivity index (χ2v) is 23.5. The summed E-state index contributed by atoms with van der Waals surface area (Å²) >= 11 is 9.95. The lowest BCUT2D eigenvalue weighted by Gasteiger charge is -2.20. The maximum absolute atomic E-state index is 12.3. The third-order valence-corrected chi connectivity index (χ3v) is 17.9. The summed E-state index contributed by atoms with van der Waals surface area (Å²) in [5.41, 5.74) is 29.5. The van der Waals surface area contributed by atoms with E-state index in [0.29, 0.717) is 48.1 Å². The zero-order valence-electron chi connectivity index (χ0n) is 51.1. The first kappa shape index (κ1) is 68.0. The second-order valence-electron chi connectivity index (χ2n) is 21.1. The number of hydrogen-bond acceptors (Lipinski definition) is 14. The van der Waals surface area contributed by atoms with E-state index in [2.05, 4.69) is 70.7 Å². The number of aromatic carboxylic acids is 1. The minimum atomic E-state index is -0.902. The van der Waals surface area contributed by atoms with Gasteiger partial charge in [0.15, 0.2) is 0 Å². The van der Waals surface area contributed by atoms with E-state index in [4.69, 9.17) is 45.0 Å². The predicted octanol–water partition coefficient (Wildman–Crippen LogP) is 16.2. The molecular formula is C71H71Br3N2O13. The summed E-state index contributed by atoms with van der Waals surface area (Å²) < 4.78 is 38.4. The quantitative estimate of drug-likeness (QED) is 0.0731. The number of esters is 4. The Kier molecular flexibility index (Phi) is 24.2. The number of methoxy groups -OCH3 is 4. The maximum Gasteiger partial charge on any atom is 0.339 e. The number of carboxylic acids is 1. The topological polar surface area (TPSA) is 222 Å². The molecule has 18 heteroatoms. The number of carbonyl (C=O) groups excluding carboxylic acids is 4. The zero-order chi connectivity index (χ0) is 64.6. The van der Waals surface area contributed by atoms with Crippen LogP contribution in [0.4, 0.5) is 11.4 Å². The van der Waals surface area contributed by atoms with E-state index in [1.807, 2.05) is 120 Å². The Balaban J connectivity index is 0.000000163. The molecule has 0 unspecified atom stereocenters. The van der Waals surface area contributed by atoms with Gasteiger partial charge in [0, 0.05) is 25.9 Å². The van der Waals surface area contributed by atoms with Gasteiger partial charge in [0.2, 0.25) is 0 Å². The Hall–Kier alpha value is -8.45. The van der Waals surface area contributed by atoms with Crippen molar-refractivity contribution in [2.24, 2.45) is 0 Å². The molecule has 0 atom stereocenters. The van der Waals surface area contributed by atoms with E-state index in [0.717, 1.165) is 147 Å². The van der Waals surface area contributed by atoms with Crippen LogP contribution < -0.4 is 25.7 Å². The molecule has 0 aliphatic carbocycles. The summed E-state index contributed by atoms with van der Waals surface area (Å²) in [5.74, 6) is 0.511. The van der Waals surface area contributed by atoms with Crippen LogP contribution in [0.15, 0.2) is 141 Å². The van der Waals surface area contributed by atoms with Crippen molar-refractivity contribution in [1.29, 1.82) is 0 Å². The number of anilines is 2. The fraction of sp³-hybridized carbons (Fsp3) is 0.254. The summed E-state index contributed by atoms with van der Waals surface area (Å²) in [4.78, 5) is 58.1. The highest BCUT2D eigenvalue weighted by Gasteiger charge is 2.25. The van der Waals surface area contributed by atoms with Crippen molar-refractivity contribution in [3.8, 4) is 50.6 Å². The van der Waals surface area contributed by atoms with Gasteiger partial charge in [0.05, 0.1) is 80.5 Å². The molecule has 3 aliphatic rings. The highest BCUT2D eigenvalue weighted by molar-refractivity contribution is 9.11. The van der Waals surface area contributed by atoms with E-state index in [1.165, 1.54) is 39.6 Å². The van der Waals surface area contributed by atoms with Gasteiger partial charge < -0.3 is 49.7 Å². The van der Waals surface area contributed by atoms with Crippen molar-refractivity contribution < 1.29 is 62.2 Å². The van der Waals surface area contributed by atoms with Crippen LogP contribution in [-0.4, -0.2) is 83.2 Å². The van der Waals surface area contributed by atoms with Crippen molar-refractivity contribution in [3.63, 3.8) is 0 Å². The Bertz CT molecular complexity index is 3960. The van der Waals surface area contributed by atoms with Crippen LogP contribution in [0, 0.1) is 34.6 Å². The lowest BCUT2D eigenvalue weighted by atomic mass is 9.92. The molecule has 15 nitrogen and oxygen atoms in total. The number of rotatable bonds is 8. The van der Waals surface area contributed by atoms with Gasteiger partial charge in [-0.3, -0.25) is 0 Å². The van der Waals surface area contributed by atoms with Gasteiger partial charge in [-0.2, -0.15) is 0 Å². The van der Waals surface area contributed by atoms with Gasteiger partial charge in [-0.1, -0.05) is 54.6 Å². The number of carboxylic acid groups (broad SMARTS) is 1. The molecular weight excluding hydrogens is 1330 g/mol. The van der Waals surface area contributed by atoms with Crippen molar-refractivity contribution in [2.45, 2.75) is 73.1 Å². The van der Waals surface area contributed by atoms with Gasteiger partial charge in [-0.15, -0.1) is 0 Å². The molecule has 89 heavy (non-hydrogen) atoms. The number of aryl methyl sites for hydroxylation is 8. The summed E-state index contributed by atoms with van der Waals surface area (Å²) in [5, 5.41) is 8.66. The first-order chi connectivity index (χ1) is 42.6. The van der Waals surface area contributed by atoms with E-state index in [9.17, 15) is 24.0 Å². The predicted molar refractivity (Wildman–Crippen MR) is 358 cm³/mol. The number of ether oxygens (including phenoxy) is 7. The summed E-state index contributed by atoms with van der Waals surface area (Å²) in [7, 11) is 5.54. The monoisotopic (exact) mass is 1400 g/mol. The molecule has 0 saturated carbocycles. The Morgan fingerprint density at radius 1 is 0.416 bits per heavy atom. The van der Waals surface area contributed by atoms with Gasteiger partial charge in [0.1, 0.15) is 17.2 Å². The number of benzene rings is 8. The zero-order valence-corrected chi connectivity index (χ0v) is 55.9. The molecule has 11 rings (SSSR count). The molecule has 3 aliphatic heterocycles. The smallest absolute Gasteiger partial charge is 0.339 e. The average Bonchev–Trinajstić information content (AvgIpc) is 1.84. The Labute approximate surface area is 544 Å². The molecule has 0 bridgehead atoms. The molecule has 0 saturated heterocycles. The third-order valence-electron chi connectivity index (χ3n) is 14.9. The number of hydrogen-bond donors (Lipinski definition) is 3. The second kappa shape index (κ2) is 31.6. The summed E-state index contributed by atoms with van der Waals surface area (Å²) in [6, 6.07) is 40.0. The number of nitrogens with two attached hydrogens (primary N) is 2. The van der Waals surface area contributed by atoms with Crippen molar-refractivity contribution >= 4 is 89.0 Å². The van der Waals surface area contributed by atoms with E-state index in [1.54, 1.807) is 24.3 Å². The number of nitrogen functional groups attached to an aromatic ring is 2. The molecule has 8 aromatic rings. The molecule has 464 valence electrons. The first-order valence-electron chi connectivity index (χ1n) is 28.6. The Morgan fingerprint density at radius 2 is 0.798 bits per heavy atom. The van der Waals surface area contributed by atoms with E-state index in [-0.39, 0.29) is 17.9 Å². The molecule has 8 aromatic carbocycles. The van der Waals surface area contributed by atoms with Crippen molar-refractivity contribution in [3.05, 3.63) is 213 Å². The third kappa shape index (κ3) is 16.6. The Morgan fingerprint density at radius 3 is 1.25 bits per heavy atom. The number of halogens is 3. The van der Waals surface area contributed by atoms with E-state index < -0.39 is 11.9 Å². The highest BCUT2D eigenvalue weighted by Crippen LogP contribution is 2.40. The van der Waals surface area contributed by atoms with Crippen LogP contribution in [0.1, 0.15) is 116 Å². The largest absolute Gasteiger partial charge is 0.493 e. The van der Waals surface area contributed by atoms with E-state index >= 15 is 0 Å². The molecule has 0 amide bonds. The van der Waals surface area contributed by atoms with Crippen molar-refractivity contribution in [2.75, 3.05) is 59.7 Å². The van der Waals surface area contributed by atoms with Gasteiger partial charge >= 0.3 is 29.8 Å². The number of carbonyl (C=O) groups is 5. The molecule has 0 fully saturated rings. The summed E-state index contributed by atoms with van der Waals surface area (Å²) in [6.45, 7) is 12.0. The van der Waals surface area contributed by atoms with Crippen LogP contribution in [0.2, 0.25) is 0 Å². The van der Waals surface area contributed by atoms with Crippen LogP contribution in [0.25, 0.3) is 33.4 Å². The van der Waals surface area contributed by atoms with Crippen LogP contribution in [-0.2, 0) is 38.2 Å².